The van der Waals surface area contributed by atoms with Gasteiger partial charge in [0, 0.05) is 72.9 Å². The topological polar surface area (TPSA) is 48.6 Å². The van der Waals surface area contributed by atoms with Gasteiger partial charge in [0.15, 0.2) is 5.60 Å². The Balaban J connectivity index is 2.02. The number of hydrogen-bond acceptors (Lipinski definition) is 4. The summed E-state index contributed by atoms with van der Waals surface area (Å²) in [6.07, 6.45) is 0. The quantitative estimate of drug-likeness (QED) is 0.157. The van der Waals surface area contributed by atoms with E-state index in [4.69, 9.17) is 51.1 Å². The van der Waals surface area contributed by atoms with Gasteiger partial charge in [-0.05, 0) is 25.1 Å². The lowest BCUT2D eigenvalue weighted by Crippen LogP contribution is -2.33. The van der Waals surface area contributed by atoms with Crippen molar-refractivity contribution in [1.82, 2.24) is 4.98 Å². The van der Waals surface area contributed by atoms with Crippen LogP contribution in [-0.4, -0.2) is 39.1 Å². The van der Waals surface area contributed by atoms with Gasteiger partial charge in [-0.15, -0.1) is 0 Å². The number of carbonyl (C=O) groups is 1. The number of nitrogens with one attached hydrogen (secondary N) is 1. The molecule has 1 aromatic heterocycles. The molecule has 0 saturated carbocycles. The summed E-state index contributed by atoms with van der Waals surface area (Å²) in [5, 5.41) is 1.11. The molecule has 9 heteroatoms. The first-order chi connectivity index (χ1) is 17.0. The minimum absolute atomic E-state index is 0.0151. The summed E-state index contributed by atoms with van der Waals surface area (Å²) in [6, 6.07) is 13.8. The number of anilines is 2. The molecule has 1 unspecified atom stereocenters. The van der Waals surface area contributed by atoms with Gasteiger partial charge in [0.1, 0.15) is 0 Å². The van der Waals surface area contributed by atoms with Crippen molar-refractivity contribution in [2.24, 2.45) is 0 Å². The van der Waals surface area contributed by atoms with Crippen molar-refractivity contribution in [3.05, 3.63) is 90.5 Å². The SMILES string of the molecule is Cc1[nH]c2ccccc2c1C1(c2ccc(N(C)C)cc2N(C)C)OC(=O)c2c(Cl)c(Cl)c(Cl)c(Cl)c21. The predicted octanol–water partition coefficient (Wildman–Crippen LogP) is 7.68. The van der Waals surface area contributed by atoms with Crippen LogP contribution < -0.4 is 9.80 Å². The number of carbonyl (C=O) groups excluding carboxylic acids is 1. The lowest BCUT2D eigenvalue weighted by Gasteiger charge is -2.35. The van der Waals surface area contributed by atoms with Crippen molar-refractivity contribution >= 4 is 74.7 Å². The lowest BCUT2D eigenvalue weighted by molar-refractivity contribution is 0.0256. The molecule has 0 fully saturated rings. The van der Waals surface area contributed by atoms with E-state index in [-0.39, 0.29) is 25.7 Å². The van der Waals surface area contributed by atoms with E-state index in [0.29, 0.717) is 5.56 Å². The average molecular weight is 563 g/mol. The molecule has 5 rings (SSSR count). The Morgan fingerprint density at radius 3 is 2.17 bits per heavy atom. The Morgan fingerprint density at radius 1 is 0.833 bits per heavy atom. The number of benzene rings is 3. The maximum Gasteiger partial charge on any atom is 0.341 e. The standard InChI is InChI=1S/C27H23Cl4N3O2/c1-13-20(15-8-6-7-9-17(15)32-13)27(16-11-10-14(33(2)3)12-18(16)34(4)5)21-19(26(35)36-27)22(28)24(30)25(31)23(21)29/h6-12,32H,1-5H3. The van der Waals surface area contributed by atoms with Crippen LogP contribution in [0.4, 0.5) is 11.4 Å². The number of para-hydroxylation sites is 1. The molecule has 0 saturated heterocycles. The molecule has 36 heavy (non-hydrogen) atoms. The lowest BCUT2D eigenvalue weighted by atomic mass is 9.77. The summed E-state index contributed by atoms with van der Waals surface area (Å²) in [5.41, 5.74) is 4.04. The number of aromatic amines is 1. The Morgan fingerprint density at radius 2 is 1.50 bits per heavy atom. The van der Waals surface area contributed by atoms with Gasteiger partial charge in [-0.25, -0.2) is 4.79 Å². The number of rotatable bonds is 4. The number of H-pyrrole nitrogens is 1. The summed E-state index contributed by atoms with van der Waals surface area (Å²) in [5.74, 6) is -0.624. The van der Waals surface area contributed by atoms with Crippen LogP contribution in [0.15, 0.2) is 42.5 Å². The smallest absolute Gasteiger partial charge is 0.341 e. The molecular weight excluding hydrogens is 540 g/mol. The molecule has 0 aliphatic carbocycles. The minimum Gasteiger partial charge on any atom is -0.440 e. The van der Waals surface area contributed by atoms with Gasteiger partial charge < -0.3 is 19.5 Å². The number of esters is 1. The van der Waals surface area contributed by atoms with Crippen LogP contribution in [0.2, 0.25) is 20.1 Å². The molecular formula is C27H23Cl4N3O2. The third kappa shape index (κ3) is 3.41. The fourth-order valence-corrected chi connectivity index (χ4v) is 6.15. The predicted molar refractivity (Wildman–Crippen MR) is 150 cm³/mol. The maximum atomic E-state index is 13.6. The van der Waals surface area contributed by atoms with Crippen molar-refractivity contribution in [3.8, 4) is 0 Å². The largest absolute Gasteiger partial charge is 0.440 e. The van der Waals surface area contributed by atoms with Crippen molar-refractivity contribution in [1.29, 1.82) is 0 Å². The van der Waals surface area contributed by atoms with Crippen LogP contribution in [0.25, 0.3) is 10.9 Å². The molecule has 4 aromatic rings. The maximum absolute atomic E-state index is 13.6. The molecule has 1 atom stereocenters. The van der Waals surface area contributed by atoms with Gasteiger partial charge in [-0.1, -0.05) is 70.7 Å². The first-order valence-corrected chi connectivity index (χ1v) is 12.7. The molecule has 5 nitrogen and oxygen atoms in total. The molecule has 1 aliphatic rings. The van der Waals surface area contributed by atoms with Crippen LogP contribution in [0.1, 0.15) is 32.7 Å². The van der Waals surface area contributed by atoms with Crippen LogP contribution in [0, 0.1) is 6.92 Å². The van der Waals surface area contributed by atoms with E-state index in [9.17, 15) is 4.79 Å². The Hall–Kier alpha value is -2.57. The van der Waals surface area contributed by atoms with E-state index >= 15 is 0 Å². The molecule has 0 amide bonds. The van der Waals surface area contributed by atoms with Crippen LogP contribution in [-0.2, 0) is 10.3 Å². The summed E-state index contributed by atoms with van der Waals surface area (Å²) in [4.78, 5) is 21.0. The molecule has 3 aromatic carbocycles. The van der Waals surface area contributed by atoms with Gasteiger partial charge >= 0.3 is 5.97 Å². The Labute approximate surface area is 229 Å². The number of aryl methyl sites for hydroxylation is 1. The number of hydrogen-bond donors (Lipinski definition) is 1. The third-order valence-corrected chi connectivity index (χ3v) is 8.48. The second-order valence-electron chi connectivity index (χ2n) is 9.24. The Bertz CT molecular complexity index is 1560. The number of fused-ring (bicyclic) bond motifs is 2. The third-order valence-electron chi connectivity index (χ3n) is 6.67. The van der Waals surface area contributed by atoms with Gasteiger partial charge in [0.2, 0.25) is 0 Å². The van der Waals surface area contributed by atoms with Gasteiger partial charge in [0.25, 0.3) is 0 Å². The van der Waals surface area contributed by atoms with Crippen LogP contribution >= 0.6 is 46.4 Å². The number of nitrogens with zero attached hydrogens (tertiary/aromatic N) is 2. The molecule has 1 N–H and O–H groups in total. The summed E-state index contributed by atoms with van der Waals surface area (Å²) in [7, 11) is 7.82. The van der Waals surface area contributed by atoms with Crippen LogP contribution in [0.5, 0.6) is 0 Å². The number of cyclic esters (lactones) is 1. The minimum atomic E-state index is -1.45. The second kappa shape index (κ2) is 8.77. The molecule has 0 radical (unpaired) electrons. The van der Waals surface area contributed by atoms with Crippen molar-refractivity contribution in [2.45, 2.75) is 12.5 Å². The van der Waals surface area contributed by atoms with Gasteiger partial charge in [-0.3, -0.25) is 0 Å². The second-order valence-corrected chi connectivity index (χ2v) is 10.7. The van der Waals surface area contributed by atoms with E-state index in [1.165, 1.54) is 0 Å². The van der Waals surface area contributed by atoms with Gasteiger partial charge in [0.05, 0.1) is 25.7 Å². The van der Waals surface area contributed by atoms with Crippen molar-refractivity contribution < 1.29 is 9.53 Å². The number of halogens is 4. The van der Waals surface area contributed by atoms with E-state index in [2.05, 4.69) is 4.98 Å². The average Bonchev–Trinajstić information content (AvgIpc) is 3.34. The van der Waals surface area contributed by atoms with E-state index in [1.54, 1.807) is 0 Å². The monoisotopic (exact) mass is 561 g/mol. The fourth-order valence-electron chi connectivity index (χ4n) is 5.09. The first-order valence-electron chi connectivity index (χ1n) is 11.2. The van der Waals surface area contributed by atoms with E-state index in [1.807, 2.05) is 87.4 Å². The molecule has 186 valence electrons. The molecule has 2 heterocycles. The van der Waals surface area contributed by atoms with E-state index in [0.717, 1.165) is 39.1 Å². The van der Waals surface area contributed by atoms with Gasteiger partial charge in [-0.2, -0.15) is 0 Å². The highest BCUT2D eigenvalue weighted by molar-refractivity contribution is 6.53. The highest BCUT2D eigenvalue weighted by Gasteiger charge is 2.55. The van der Waals surface area contributed by atoms with Crippen LogP contribution in [0.3, 0.4) is 0 Å². The number of aromatic nitrogens is 1. The zero-order chi connectivity index (χ0) is 26.1. The molecule has 0 bridgehead atoms. The molecule has 1 aliphatic heterocycles. The fraction of sp³-hybridized carbons (Fsp3) is 0.222. The molecule has 0 spiro atoms. The van der Waals surface area contributed by atoms with E-state index < -0.39 is 11.6 Å². The highest BCUT2D eigenvalue weighted by Crippen LogP contribution is 2.58. The normalized spacial score (nSPS) is 16.9. The first kappa shape index (κ1) is 25.1. The Kier molecular flexibility index (Phi) is 6.12. The summed E-state index contributed by atoms with van der Waals surface area (Å²) >= 11 is 26.5. The summed E-state index contributed by atoms with van der Waals surface area (Å²) < 4.78 is 6.42. The summed E-state index contributed by atoms with van der Waals surface area (Å²) in [6.45, 7) is 1.94. The number of ether oxygens (including phenoxy) is 1. The van der Waals surface area contributed by atoms with Crippen molar-refractivity contribution in [3.63, 3.8) is 0 Å². The van der Waals surface area contributed by atoms with Crippen molar-refractivity contribution in [2.75, 3.05) is 38.0 Å². The zero-order valence-corrected chi connectivity index (χ0v) is 23.3. The highest BCUT2D eigenvalue weighted by atomic mass is 35.5. The zero-order valence-electron chi connectivity index (χ0n) is 20.3.